The normalized spacial score (nSPS) is 10.9. The van der Waals surface area contributed by atoms with Gasteiger partial charge in [0.25, 0.3) is 0 Å². The lowest BCUT2D eigenvalue weighted by Gasteiger charge is -2.26. The monoisotopic (exact) mass is 788 g/mol. The predicted octanol–water partition coefficient (Wildman–Crippen LogP) is 16.3. The molecular formula is C57H48N4. The van der Waals surface area contributed by atoms with Gasteiger partial charge >= 0.3 is 0 Å². The van der Waals surface area contributed by atoms with Crippen molar-refractivity contribution < 1.29 is 0 Å². The van der Waals surface area contributed by atoms with Crippen LogP contribution in [-0.2, 0) is 0 Å². The highest BCUT2D eigenvalue weighted by Gasteiger charge is 2.15. The van der Waals surface area contributed by atoms with Gasteiger partial charge in [-0.2, -0.15) is 0 Å². The molecule has 0 saturated carbocycles. The first-order valence-electron chi connectivity index (χ1n) is 20.8. The number of anilines is 9. The molecule has 0 amide bonds. The van der Waals surface area contributed by atoms with E-state index in [1.165, 1.54) is 50.1 Å². The van der Waals surface area contributed by atoms with Gasteiger partial charge < -0.3 is 20.9 Å². The second kappa shape index (κ2) is 17.6. The molecule has 0 unspecified atom stereocenters. The highest BCUT2D eigenvalue weighted by atomic mass is 15.1. The zero-order chi connectivity index (χ0) is 41.5. The second-order valence-corrected chi connectivity index (χ2v) is 15.6. The van der Waals surface area contributed by atoms with E-state index in [-0.39, 0.29) is 0 Å². The van der Waals surface area contributed by atoms with Crippen molar-refractivity contribution in [2.24, 2.45) is 0 Å². The summed E-state index contributed by atoms with van der Waals surface area (Å²) in [6.07, 6.45) is 0. The summed E-state index contributed by atoms with van der Waals surface area (Å²) in [5.41, 5.74) is 20.2. The zero-order valence-electron chi connectivity index (χ0n) is 34.7. The van der Waals surface area contributed by atoms with Gasteiger partial charge in [0.15, 0.2) is 0 Å². The summed E-state index contributed by atoms with van der Waals surface area (Å²) in [6, 6.07) is 77.5. The molecule has 0 aliphatic heterocycles. The number of rotatable bonds is 12. The fourth-order valence-corrected chi connectivity index (χ4v) is 7.96. The summed E-state index contributed by atoms with van der Waals surface area (Å²) >= 11 is 0. The third-order valence-corrected chi connectivity index (χ3v) is 11.0. The minimum atomic E-state index is 1.02. The molecule has 296 valence electrons. The molecule has 9 aromatic carbocycles. The van der Waals surface area contributed by atoms with E-state index in [9.17, 15) is 0 Å². The quantitative estimate of drug-likeness (QED) is 0.115. The number of hydrogen-bond donors (Lipinski definition) is 3. The molecule has 4 heteroatoms. The maximum Gasteiger partial charge on any atom is 0.0463 e. The number of benzene rings is 9. The van der Waals surface area contributed by atoms with Crippen molar-refractivity contribution in [3.05, 3.63) is 235 Å². The topological polar surface area (TPSA) is 39.3 Å². The van der Waals surface area contributed by atoms with Crippen LogP contribution in [0.15, 0.2) is 218 Å². The SMILES string of the molecule is Cc1cccc(-c2ccccc2Nc2ccc(N(c3ccc(Nc4ccccc4-c4cccc(C)c4)cc3)c3ccc(Nc4ccccc4-c4cccc(C)c4)cc3)cc2)c1. The molecule has 0 spiro atoms. The molecule has 0 aromatic heterocycles. The lowest BCUT2D eigenvalue weighted by molar-refractivity contribution is 1.28. The molecule has 0 heterocycles. The summed E-state index contributed by atoms with van der Waals surface area (Å²) in [7, 11) is 0. The fraction of sp³-hybridized carbons (Fsp3) is 0.0526. The van der Waals surface area contributed by atoms with Gasteiger partial charge in [0.1, 0.15) is 0 Å². The number of hydrogen-bond acceptors (Lipinski definition) is 4. The van der Waals surface area contributed by atoms with Gasteiger partial charge in [-0.15, -0.1) is 0 Å². The van der Waals surface area contributed by atoms with Crippen LogP contribution in [0, 0.1) is 20.8 Å². The Bertz CT molecular complexity index is 2590. The predicted molar refractivity (Wildman–Crippen MR) is 261 cm³/mol. The summed E-state index contributed by atoms with van der Waals surface area (Å²) in [6.45, 7) is 6.40. The van der Waals surface area contributed by atoms with E-state index in [4.69, 9.17) is 0 Å². The van der Waals surface area contributed by atoms with Crippen molar-refractivity contribution in [1.82, 2.24) is 0 Å². The van der Waals surface area contributed by atoms with Gasteiger partial charge in [-0.3, -0.25) is 0 Å². The van der Waals surface area contributed by atoms with Crippen LogP contribution in [0.25, 0.3) is 33.4 Å². The first-order chi connectivity index (χ1) is 29.9. The summed E-state index contributed by atoms with van der Waals surface area (Å²) in [5, 5.41) is 11.1. The molecule has 61 heavy (non-hydrogen) atoms. The Morgan fingerprint density at radius 3 is 0.836 bits per heavy atom. The van der Waals surface area contributed by atoms with Crippen molar-refractivity contribution >= 4 is 51.2 Å². The van der Waals surface area contributed by atoms with Crippen molar-refractivity contribution in [2.45, 2.75) is 20.8 Å². The molecule has 0 aliphatic rings. The van der Waals surface area contributed by atoms with Gasteiger partial charge in [-0.25, -0.2) is 0 Å². The molecule has 4 nitrogen and oxygen atoms in total. The molecule has 0 bridgehead atoms. The number of para-hydroxylation sites is 3. The van der Waals surface area contributed by atoms with Crippen molar-refractivity contribution in [2.75, 3.05) is 20.9 Å². The maximum absolute atomic E-state index is 3.70. The van der Waals surface area contributed by atoms with E-state index in [1.807, 2.05) is 0 Å². The Hall–Kier alpha value is -7.82. The first-order valence-corrected chi connectivity index (χ1v) is 20.8. The largest absolute Gasteiger partial charge is 0.355 e. The standard InChI is InChI=1S/C57H48N4/c1-40-13-10-16-43(37-40)52-19-4-7-22-55(52)58-46-25-31-49(32-26-46)61(50-33-27-47(28-34-50)59-56-23-8-5-20-53(56)44-17-11-14-41(2)38-44)51-35-29-48(30-36-51)60-57-24-9-6-21-54(57)45-18-12-15-42(3)39-45/h4-39,58-60H,1-3H3. The van der Waals surface area contributed by atoms with Gasteiger partial charge in [-0.05, 0) is 128 Å². The number of nitrogens with one attached hydrogen (secondary N) is 3. The Kier molecular flexibility index (Phi) is 11.1. The zero-order valence-corrected chi connectivity index (χ0v) is 34.7. The van der Waals surface area contributed by atoms with Crippen LogP contribution in [-0.4, -0.2) is 0 Å². The summed E-state index contributed by atoms with van der Waals surface area (Å²) in [5.74, 6) is 0. The number of nitrogens with zero attached hydrogens (tertiary/aromatic N) is 1. The third kappa shape index (κ3) is 8.95. The average Bonchev–Trinajstić information content (AvgIpc) is 3.29. The number of aryl methyl sites for hydroxylation is 3. The van der Waals surface area contributed by atoms with Crippen molar-refractivity contribution in [3.8, 4) is 33.4 Å². The summed E-state index contributed by atoms with van der Waals surface area (Å²) < 4.78 is 0. The third-order valence-electron chi connectivity index (χ3n) is 11.0. The molecule has 3 N–H and O–H groups in total. The van der Waals surface area contributed by atoms with Gasteiger partial charge in [0, 0.05) is 67.9 Å². The molecule has 0 atom stereocenters. The highest BCUT2D eigenvalue weighted by Crippen LogP contribution is 2.39. The molecule has 0 fully saturated rings. The highest BCUT2D eigenvalue weighted by molar-refractivity contribution is 5.86. The van der Waals surface area contributed by atoms with E-state index in [2.05, 4.69) is 260 Å². The van der Waals surface area contributed by atoms with Crippen LogP contribution in [0.1, 0.15) is 16.7 Å². The molecule has 9 rings (SSSR count). The molecule has 0 aliphatic carbocycles. The molecular weight excluding hydrogens is 741 g/mol. The van der Waals surface area contributed by atoms with Gasteiger partial charge in [-0.1, -0.05) is 144 Å². The van der Waals surface area contributed by atoms with E-state index in [1.54, 1.807) is 0 Å². The summed E-state index contributed by atoms with van der Waals surface area (Å²) in [4.78, 5) is 2.30. The van der Waals surface area contributed by atoms with Crippen LogP contribution in [0.5, 0.6) is 0 Å². The van der Waals surface area contributed by atoms with Gasteiger partial charge in [0.2, 0.25) is 0 Å². The maximum atomic E-state index is 3.70. The molecule has 0 radical (unpaired) electrons. The van der Waals surface area contributed by atoms with Gasteiger partial charge in [0.05, 0.1) is 0 Å². The van der Waals surface area contributed by atoms with E-state index in [0.29, 0.717) is 0 Å². The van der Waals surface area contributed by atoms with E-state index in [0.717, 1.165) is 51.2 Å². The van der Waals surface area contributed by atoms with Crippen LogP contribution < -0.4 is 20.9 Å². The van der Waals surface area contributed by atoms with Crippen LogP contribution in [0.3, 0.4) is 0 Å². The fourth-order valence-electron chi connectivity index (χ4n) is 7.96. The van der Waals surface area contributed by atoms with Crippen molar-refractivity contribution in [3.63, 3.8) is 0 Å². The second-order valence-electron chi connectivity index (χ2n) is 15.6. The van der Waals surface area contributed by atoms with Crippen molar-refractivity contribution in [1.29, 1.82) is 0 Å². The first kappa shape index (κ1) is 38.7. The van der Waals surface area contributed by atoms with Crippen LogP contribution >= 0.6 is 0 Å². The molecule has 9 aromatic rings. The van der Waals surface area contributed by atoms with E-state index >= 15 is 0 Å². The van der Waals surface area contributed by atoms with E-state index < -0.39 is 0 Å². The van der Waals surface area contributed by atoms with Crippen LogP contribution in [0.2, 0.25) is 0 Å². The Labute approximate surface area is 359 Å². The lowest BCUT2D eigenvalue weighted by atomic mass is 10.0. The minimum Gasteiger partial charge on any atom is -0.355 e. The Balaban J connectivity index is 1.02. The van der Waals surface area contributed by atoms with Crippen LogP contribution in [0.4, 0.5) is 51.2 Å². The average molecular weight is 789 g/mol. The molecule has 0 saturated heterocycles. The smallest absolute Gasteiger partial charge is 0.0463 e. The minimum absolute atomic E-state index is 1.02. The Morgan fingerprint density at radius 1 is 0.279 bits per heavy atom. The Morgan fingerprint density at radius 2 is 0.557 bits per heavy atom. The lowest BCUT2D eigenvalue weighted by Crippen LogP contribution is -2.10.